The number of carbonyl (C=O) groups is 1. The largest absolute Gasteiger partial charge is 0.497 e. The van der Waals surface area contributed by atoms with Gasteiger partial charge in [0.15, 0.2) is 11.5 Å². The molecule has 1 amide bonds. The Labute approximate surface area is 175 Å². The van der Waals surface area contributed by atoms with Gasteiger partial charge < -0.3 is 19.1 Å². The zero-order chi connectivity index (χ0) is 21.3. The molecule has 0 fully saturated rings. The van der Waals surface area contributed by atoms with Crippen LogP contribution in [0.25, 0.3) is 11.3 Å². The van der Waals surface area contributed by atoms with Crippen molar-refractivity contribution in [2.75, 3.05) is 27.9 Å². The molecule has 7 heteroatoms. The predicted molar refractivity (Wildman–Crippen MR) is 113 cm³/mol. The van der Waals surface area contributed by atoms with Crippen LogP contribution in [0.5, 0.6) is 17.2 Å². The number of aryl methyl sites for hydroxylation is 1. The van der Waals surface area contributed by atoms with Crippen molar-refractivity contribution in [3.05, 3.63) is 59.3 Å². The van der Waals surface area contributed by atoms with Crippen molar-refractivity contribution in [2.24, 2.45) is 7.05 Å². The Morgan fingerprint density at radius 1 is 0.967 bits per heavy atom. The first-order valence-corrected chi connectivity index (χ1v) is 9.75. The highest BCUT2D eigenvalue weighted by Gasteiger charge is 2.26. The maximum Gasteiger partial charge on any atom is 0.272 e. The van der Waals surface area contributed by atoms with Crippen LogP contribution in [0.15, 0.2) is 42.5 Å². The molecular weight excluding hydrogens is 382 g/mol. The summed E-state index contributed by atoms with van der Waals surface area (Å²) in [4.78, 5) is 15.1. The zero-order valence-corrected chi connectivity index (χ0v) is 17.6. The lowest BCUT2D eigenvalue weighted by Gasteiger charge is -2.29. The van der Waals surface area contributed by atoms with Gasteiger partial charge in [-0.05, 0) is 47.9 Å². The van der Waals surface area contributed by atoms with E-state index in [0.29, 0.717) is 30.3 Å². The summed E-state index contributed by atoms with van der Waals surface area (Å²) in [6.45, 7) is 1.16. The van der Waals surface area contributed by atoms with E-state index in [1.807, 2.05) is 47.4 Å². The molecule has 0 saturated heterocycles. The summed E-state index contributed by atoms with van der Waals surface area (Å²) in [7, 11) is 6.67. The fourth-order valence-corrected chi connectivity index (χ4v) is 3.81. The van der Waals surface area contributed by atoms with E-state index in [9.17, 15) is 4.79 Å². The number of hydrogen-bond acceptors (Lipinski definition) is 5. The Morgan fingerprint density at radius 2 is 1.70 bits per heavy atom. The second-order valence-electron chi connectivity index (χ2n) is 7.22. The SMILES string of the molecule is COc1cccc(-c2cc(C(=O)N3CCc4cc(OC)c(OC)cc4C3)n(C)n2)c1. The van der Waals surface area contributed by atoms with Gasteiger partial charge in [0.2, 0.25) is 0 Å². The molecule has 0 atom stereocenters. The molecule has 0 aliphatic carbocycles. The number of aromatic nitrogens is 2. The zero-order valence-electron chi connectivity index (χ0n) is 17.6. The maximum absolute atomic E-state index is 13.3. The molecule has 3 aromatic rings. The van der Waals surface area contributed by atoms with Gasteiger partial charge in [-0.1, -0.05) is 12.1 Å². The van der Waals surface area contributed by atoms with Crippen LogP contribution in [0.3, 0.4) is 0 Å². The van der Waals surface area contributed by atoms with E-state index in [2.05, 4.69) is 5.10 Å². The molecule has 0 N–H and O–H groups in total. The summed E-state index contributed by atoms with van der Waals surface area (Å²) >= 11 is 0. The number of carbonyl (C=O) groups excluding carboxylic acids is 1. The number of fused-ring (bicyclic) bond motifs is 1. The van der Waals surface area contributed by atoms with Gasteiger partial charge in [0.1, 0.15) is 11.4 Å². The molecule has 1 aliphatic heterocycles. The van der Waals surface area contributed by atoms with Crippen LogP contribution in [0.2, 0.25) is 0 Å². The third kappa shape index (κ3) is 3.58. The lowest BCUT2D eigenvalue weighted by molar-refractivity contribution is 0.0723. The first-order chi connectivity index (χ1) is 14.5. The number of nitrogens with zero attached hydrogens (tertiary/aromatic N) is 3. The minimum absolute atomic E-state index is 0.0421. The van der Waals surface area contributed by atoms with E-state index < -0.39 is 0 Å². The van der Waals surface area contributed by atoms with Gasteiger partial charge in [0, 0.05) is 25.7 Å². The number of methoxy groups -OCH3 is 3. The van der Waals surface area contributed by atoms with E-state index >= 15 is 0 Å². The topological polar surface area (TPSA) is 65.8 Å². The Morgan fingerprint density at radius 3 is 2.40 bits per heavy atom. The van der Waals surface area contributed by atoms with Crippen molar-refractivity contribution in [1.82, 2.24) is 14.7 Å². The van der Waals surface area contributed by atoms with Gasteiger partial charge in [0.25, 0.3) is 5.91 Å². The Kier molecular flexibility index (Phi) is 5.35. The summed E-state index contributed by atoms with van der Waals surface area (Å²) in [6.07, 6.45) is 0.766. The van der Waals surface area contributed by atoms with Crippen LogP contribution >= 0.6 is 0 Å². The minimum atomic E-state index is -0.0421. The number of amides is 1. The van der Waals surface area contributed by atoms with Gasteiger partial charge in [-0.3, -0.25) is 9.48 Å². The van der Waals surface area contributed by atoms with E-state index in [4.69, 9.17) is 14.2 Å². The first kappa shape index (κ1) is 19.8. The van der Waals surface area contributed by atoms with Crippen LogP contribution in [0.1, 0.15) is 21.6 Å². The lowest BCUT2D eigenvalue weighted by atomic mass is 9.98. The van der Waals surface area contributed by atoms with Crippen LogP contribution in [-0.4, -0.2) is 48.5 Å². The molecule has 1 aromatic heterocycles. The van der Waals surface area contributed by atoms with E-state index in [1.165, 1.54) is 5.56 Å². The van der Waals surface area contributed by atoms with Crippen LogP contribution in [0, 0.1) is 0 Å². The van der Waals surface area contributed by atoms with Crippen molar-refractivity contribution < 1.29 is 19.0 Å². The molecule has 0 radical (unpaired) electrons. The van der Waals surface area contributed by atoms with Crippen molar-refractivity contribution in [3.8, 4) is 28.5 Å². The van der Waals surface area contributed by atoms with Crippen LogP contribution in [-0.2, 0) is 20.0 Å². The third-order valence-electron chi connectivity index (χ3n) is 5.47. The molecule has 0 bridgehead atoms. The average Bonchev–Trinajstić information content (AvgIpc) is 3.18. The van der Waals surface area contributed by atoms with Crippen molar-refractivity contribution in [2.45, 2.75) is 13.0 Å². The Bertz CT molecular complexity index is 1090. The summed E-state index contributed by atoms with van der Waals surface area (Å²) in [6, 6.07) is 13.4. The number of hydrogen-bond donors (Lipinski definition) is 0. The van der Waals surface area contributed by atoms with E-state index in [1.54, 1.807) is 33.1 Å². The molecular formula is C23H25N3O4. The lowest BCUT2D eigenvalue weighted by Crippen LogP contribution is -2.36. The third-order valence-corrected chi connectivity index (χ3v) is 5.47. The van der Waals surface area contributed by atoms with Gasteiger partial charge in [0.05, 0.1) is 27.0 Å². The fourth-order valence-electron chi connectivity index (χ4n) is 3.81. The average molecular weight is 407 g/mol. The molecule has 4 rings (SSSR count). The fraction of sp³-hybridized carbons (Fsp3) is 0.304. The quantitative estimate of drug-likeness (QED) is 0.649. The highest BCUT2D eigenvalue weighted by molar-refractivity contribution is 5.94. The second-order valence-corrected chi connectivity index (χ2v) is 7.22. The molecule has 30 heavy (non-hydrogen) atoms. The maximum atomic E-state index is 13.3. The molecule has 0 spiro atoms. The van der Waals surface area contributed by atoms with Crippen molar-refractivity contribution in [1.29, 1.82) is 0 Å². The summed E-state index contributed by atoms with van der Waals surface area (Å²) in [5.74, 6) is 2.10. The number of benzene rings is 2. The highest BCUT2D eigenvalue weighted by atomic mass is 16.5. The monoisotopic (exact) mass is 407 g/mol. The molecule has 2 heterocycles. The van der Waals surface area contributed by atoms with Gasteiger partial charge in [-0.15, -0.1) is 0 Å². The first-order valence-electron chi connectivity index (χ1n) is 9.75. The molecule has 2 aromatic carbocycles. The normalized spacial score (nSPS) is 13.0. The smallest absolute Gasteiger partial charge is 0.272 e. The van der Waals surface area contributed by atoms with Crippen molar-refractivity contribution in [3.63, 3.8) is 0 Å². The highest BCUT2D eigenvalue weighted by Crippen LogP contribution is 2.33. The number of ether oxygens (including phenoxy) is 3. The second kappa shape index (κ2) is 8.10. The standard InChI is InChI=1S/C23H25N3O4/c1-25-20(13-19(24-25)16-6-5-7-18(10-16)28-2)23(27)26-9-8-15-11-21(29-3)22(30-4)12-17(15)14-26/h5-7,10-13H,8-9,14H2,1-4H3. The molecule has 0 saturated carbocycles. The Balaban J connectivity index is 1.59. The number of rotatable bonds is 5. The molecule has 156 valence electrons. The predicted octanol–water partition coefficient (Wildman–Crippen LogP) is 3.31. The van der Waals surface area contributed by atoms with Gasteiger partial charge in [-0.2, -0.15) is 5.10 Å². The Hall–Kier alpha value is -3.48. The molecule has 0 unspecified atom stereocenters. The van der Waals surface area contributed by atoms with Gasteiger partial charge in [-0.25, -0.2) is 0 Å². The summed E-state index contributed by atoms with van der Waals surface area (Å²) < 4.78 is 17.8. The molecule has 7 nitrogen and oxygen atoms in total. The van der Waals surface area contributed by atoms with E-state index in [-0.39, 0.29) is 5.91 Å². The van der Waals surface area contributed by atoms with Gasteiger partial charge >= 0.3 is 0 Å². The van der Waals surface area contributed by atoms with Crippen LogP contribution < -0.4 is 14.2 Å². The minimum Gasteiger partial charge on any atom is -0.497 e. The molecule has 1 aliphatic rings. The van der Waals surface area contributed by atoms with E-state index in [0.717, 1.165) is 29.0 Å². The summed E-state index contributed by atoms with van der Waals surface area (Å²) in [5.41, 5.74) is 4.45. The summed E-state index contributed by atoms with van der Waals surface area (Å²) in [5, 5.41) is 4.54. The van der Waals surface area contributed by atoms with Crippen molar-refractivity contribution >= 4 is 5.91 Å². The van der Waals surface area contributed by atoms with Crippen LogP contribution in [0.4, 0.5) is 0 Å².